The van der Waals surface area contributed by atoms with Crippen LogP contribution < -0.4 is 14.6 Å². The maximum atomic E-state index is 12.6. The molecule has 0 spiro atoms. The summed E-state index contributed by atoms with van der Waals surface area (Å²) < 4.78 is 11.2. The maximum absolute atomic E-state index is 12.6. The van der Waals surface area contributed by atoms with E-state index in [1.165, 1.54) is 36.1 Å². The minimum Gasteiger partial charge on any atom is -0.535 e. The van der Waals surface area contributed by atoms with E-state index in [0.717, 1.165) is 48.7 Å². The number of carbonyl (C=O) groups is 4. The molecule has 0 radical (unpaired) electrons. The van der Waals surface area contributed by atoms with Crippen LogP contribution in [0.3, 0.4) is 0 Å². The van der Waals surface area contributed by atoms with Crippen LogP contribution in [0.25, 0.3) is 0 Å². The molecule has 6 heterocycles. The van der Waals surface area contributed by atoms with Gasteiger partial charge in [0.2, 0.25) is 0 Å². The number of pyridine rings is 2. The van der Waals surface area contributed by atoms with E-state index >= 15 is 0 Å². The molecule has 0 bridgehead atoms. The first-order valence-electron chi connectivity index (χ1n) is 18.7. The van der Waals surface area contributed by atoms with E-state index in [0.29, 0.717) is 35.5 Å². The van der Waals surface area contributed by atoms with Gasteiger partial charge in [0.25, 0.3) is 0 Å². The molecule has 0 unspecified atom stereocenters. The van der Waals surface area contributed by atoms with Gasteiger partial charge < -0.3 is 24.7 Å². The Bertz CT molecular complexity index is 2160. The molecule has 14 heteroatoms. The molecule has 55 heavy (non-hydrogen) atoms. The van der Waals surface area contributed by atoms with E-state index in [1.807, 2.05) is 36.7 Å². The van der Waals surface area contributed by atoms with Crippen molar-refractivity contribution in [3.63, 3.8) is 0 Å². The second-order valence-electron chi connectivity index (χ2n) is 15.1. The van der Waals surface area contributed by atoms with Gasteiger partial charge in [0.05, 0.1) is 11.1 Å². The zero-order valence-electron chi connectivity index (χ0n) is 31.3. The summed E-state index contributed by atoms with van der Waals surface area (Å²) in [6, 6.07) is 14.7. The van der Waals surface area contributed by atoms with Crippen molar-refractivity contribution in [2.24, 2.45) is 0 Å². The Balaban J connectivity index is 0.000000169. The van der Waals surface area contributed by atoms with Crippen molar-refractivity contribution in [2.75, 3.05) is 7.05 Å². The summed E-state index contributed by atoms with van der Waals surface area (Å²) in [6.07, 6.45) is 5.62. The summed E-state index contributed by atoms with van der Waals surface area (Å²) in [6.45, 7) is 6.35. The number of fused-ring (bicyclic) bond motifs is 4. The van der Waals surface area contributed by atoms with E-state index < -0.39 is 14.2 Å². The number of benzene rings is 2. The molecule has 4 aromatic rings. The Labute approximate surface area is 321 Å². The van der Waals surface area contributed by atoms with Crippen LogP contribution in [0.15, 0.2) is 60.9 Å². The molecule has 0 amide bonds. The second kappa shape index (κ2) is 16.4. The molecule has 0 fully saturated rings. The van der Waals surface area contributed by atoms with Crippen molar-refractivity contribution in [1.82, 2.24) is 20.2 Å². The van der Waals surface area contributed by atoms with E-state index in [-0.39, 0.29) is 60.5 Å². The summed E-state index contributed by atoms with van der Waals surface area (Å²) in [7, 11) is -0.136. The fourth-order valence-electron chi connectivity index (χ4n) is 7.93. The minimum atomic E-state index is -1.10. The number of rotatable bonds is 10. The van der Waals surface area contributed by atoms with Gasteiger partial charge in [0.1, 0.15) is 23.1 Å². The lowest BCUT2D eigenvalue weighted by Crippen LogP contribution is -2.36. The molecule has 0 saturated heterocycles. The third-order valence-electron chi connectivity index (χ3n) is 10.7. The minimum absolute atomic E-state index is 0.0206. The molecule has 4 aliphatic heterocycles. The summed E-state index contributed by atoms with van der Waals surface area (Å²) in [5.41, 5.74) is 8.99. The van der Waals surface area contributed by atoms with Crippen molar-refractivity contribution >= 4 is 37.4 Å². The van der Waals surface area contributed by atoms with Crippen LogP contribution >= 0.6 is 0 Å². The molecular weight excluding hydrogens is 698 g/mol. The van der Waals surface area contributed by atoms with Gasteiger partial charge in [-0.1, -0.05) is 24.3 Å². The van der Waals surface area contributed by atoms with Crippen molar-refractivity contribution in [2.45, 2.75) is 90.2 Å². The van der Waals surface area contributed by atoms with Crippen LogP contribution in [0.1, 0.15) is 92.2 Å². The number of hydrogen-bond donors (Lipinski definition) is 3. The smallest absolute Gasteiger partial charge is 0.526 e. The van der Waals surface area contributed by atoms with Gasteiger partial charge in [0, 0.05) is 87.3 Å². The largest absolute Gasteiger partial charge is 0.535 e. The molecule has 2 aromatic heterocycles. The molecule has 2 aromatic carbocycles. The Morgan fingerprint density at radius 3 is 1.71 bits per heavy atom. The number of ketones is 4. The fraction of sp³-hybridized carbons (Fsp3) is 0.366. The summed E-state index contributed by atoms with van der Waals surface area (Å²) in [4.78, 5) is 59.7. The van der Waals surface area contributed by atoms with Crippen LogP contribution in [-0.4, -0.2) is 69.3 Å². The SMILES string of the molecule is CC(=O)c1cccc2c1OB(O)[C@@H](CC(=O)Cc1cc3c(cn1)CN(C)C3)C2.CC(=O)c1cccc2c1OB(O)[C@@H](CC(=O)Cc1cc3c(cn1)CNC3)C2. The lowest BCUT2D eigenvalue weighted by Gasteiger charge is -2.28. The fourth-order valence-corrected chi connectivity index (χ4v) is 7.93. The molecule has 2 atom stereocenters. The van der Waals surface area contributed by atoms with Gasteiger partial charge in [-0.2, -0.15) is 0 Å². The topological polar surface area (TPSA) is 168 Å². The van der Waals surface area contributed by atoms with Gasteiger partial charge in [-0.15, -0.1) is 0 Å². The molecule has 282 valence electrons. The van der Waals surface area contributed by atoms with Crippen LogP contribution in [-0.2, 0) is 61.5 Å². The van der Waals surface area contributed by atoms with Crippen LogP contribution in [0, 0.1) is 0 Å². The van der Waals surface area contributed by atoms with E-state index in [2.05, 4.69) is 27.2 Å². The third kappa shape index (κ3) is 8.78. The van der Waals surface area contributed by atoms with Crippen molar-refractivity contribution in [3.8, 4) is 11.5 Å². The van der Waals surface area contributed by atoms with Crippen LogP contribution in [0.4, 0.5) is 0 Å². The Morgan fingerprint density at radius 1 is 0.709 bits per heavy atom. The number of hydrogen-bond acceptors (Lipinski definition) is 12. The van der Waals surface area contributed by atoms with Crippen molar-refractivity contribution in [1.29, 1.82) is 0 Å². The molecule has 8 rings (SSSR count). The normalized spacial score (nSPS) is 18.1. The average Bonchev–Trinajstić information content (AvgIpc) is 3.77. The molecule has 12 nitrogen and oxygen atoms in total. The number of nitrogens with one attached hydrogen (secondary N) is 1. The summed E-state index contributed by atoms with van der Waals surface area (Å²) >= 11 is 0. The highest BCUT2D eigenvalue weighted by atomic mass is 16.5. The molecule has 4 aliphatic rings. The lowest BCUT2D eigenvalue weighted by atomic mass is 9.64. The second-order valence-corrected chi connectivity index (χ2v) is 15.1. The average molecular weight is 742 g/mol. The zero-order chi connectivity index (χ0) is 38.8. The molecule has 3 N–H and O–H groups in total. The first-order chi connectivity index (χ1) is 26.4. The maximum Gasteiger partial charge on any atom is 0.526 e. The predicted octanol–water partition coefficient (Wildman–Crippen LogP) is 4.09. The number of nitrogens with zero attached hydrogens (tertiary/aromatic N) is 3. The van der Waals surface area contributed by atoms with E-state index in [9.17, 15) is 29.2 Å². The van der Waals surface area contributed by atoms with E-state index in [1.54, 1.807) is 24.3 Å². The lowest BCUT2D eigenvalue weighted by molar-refractivity contribution is -0.119. The van der Waals surface area contributed by atoms with Gasteiger partial charge in [-0.25, -0.2) is 0 Å². The van der Waals surface area contributed by atoms with Gasteiger partial charge in [0.15, 0.2) is 11.6 Å². The first kappa shape index (κ1) is 38.3. The molecule has 0 aliphatic carbocycles. The first-order valence-corrected chi connectivity index (χ1v) is 18.7. The zero-order valence-corrected chi connectivity index (χ0v) is 31.3. The molecule has 0 saturated carbocycles. The third-order valence-corrected chi connectivity index (χ3v) is 10.7. The Hall–Kier alpha value is -5.01. The highest BCUT2D eigenvalue weighted by molar-refractivity contribution is 6.47. The van der Waals surface area contributed by atoms with Crippen LogP contribution in [0.5, 0.6) is 11.5 Å². The summed E-state index contributed by atoms with van der Waals surface area (Å²) in [5, 5.41) is 24.0. The number of carbonyl (C=O) groups excluding carboxylic acids is 4. The highest BCUT2D eigenvalue weighted by Crippen LogP contribution is 2.38. The predicted molar refractivity (Wildman–Crippen MR) is 206 cm³/mol. The van der Waals surface area contributed by atoms with E-state index in [4.69, 9.17) is 9.31 Å². The standard InChI is InChI=1S/C21H23BN2O4.C20H21BN2O4/c1-13(25)20-5-3-4-14-6-17(22(27)28-21(14)20)8-19(26)9-18-7-15-11-24(2)12-16(15)10-23-18;1-12(24)19-4-2-3-13-5-16(21(26)27-20(13)19)7-18(25)8-17-6-14-9-22-10-15(14)11-23-17/h3-5,7,10,17,27H,6,8-9,11-12H2,1-2H3;2-4,6,11,16,22,26H,5,7-10H2,1H3/t17-;16-/m11/s1. The Kier molecular flexibility index (Phi) is 11.4. The Morgan fingerprint density at radius 2 is 1.18 bits per heavy atom. The van der Waals surface area contributed by atoms with Gasteiger partial charge in [-0.05, 0) is 91.4 Å². The number of Topliss-reactive ketones (excluding diaryl/α,β-unsaturated/α-hetero) is 4. The molecular formula is C41H44B2N4O8. The van der Waals surface area contributed by atoms with Crippen LogP contribution in [0.2, 0.25) is 11.6 Å². The quantitative estimate of drug-likeness (QED) is 0.158. The highest BCUT2D eigenvalue weighted by Gasteiger charge is 2.38. The van der Waals surface area contributed by atoms with Gasteiger partial charge in [-0.3, -0.25) is 34.0 Å². The van der Waals surface area contributed by atoms with Gasteiger partial charge >= 0.3 is 14.2 Å². The summed E-state index contributed by atoms with van der Waals surface area (Å²) in [5.74, 6) is 0.0539. The van der Waals surface area contributed by atoms with Crippen molar-refractivity contribution < 1.29 is 38.5 Å². The monoisotopic (exact) mass is 742 g/mol. The van der Waals surface area contributed by atoms with Crippen molar-refractivity contribution in [3.05, 3.63) is 117 Å². The number of para-hydroxylation sites is 2. The number of aromatic nitrogens is 2.